The van der Waals surface area contributed by atoms with E-state index in [0.717, 1.165) is 64.2 Å². The van der Waals surface area contributed by atoms with Crippen LogP contribution in [0.2, 0.25) is 0 Å². The largest absolute Gasteiger partial charge is 0.466 e. The van der Waals surface area contributed by atoms with Gasteiger partial charge >= 0.3 is 5.97 Å². The van der Waals surface area contributed by atoms with Crippen LogP contribution in [0.5, 0.6) is 0 Å². The van der Waals surface area contributed by atoms with Gasteiger partial charge in [0.2, 0.25) is 5.91 Å². The SMILES string of the molecule is CCCCCCCCCCCCCCCCCCCCCCCC(O)C(CO)NC(=O)CCCCCCC/C=C\CCCCCCCCCOC(=O)CCCCCCCCCCCCCCC. The Morgan fingerprint density at radius 2 is 0.701 bits per heavy atom. The summed E-state index contributed by atoms with van der Waals surface area (Å²) in [6, 6.07) is -0.554. The van der Waals surface area contributed by atoms with Crippen molar-refractivity contribution in [3.05, 3.63) is 12.2 Å². The van der Waals surface area contributed by atoms with Crippen molar-refractivity contribution in [3.63, 3.8) is 0 Å². The predicted molar refractivity (Wildman–Crippen MR) is 292 cm³/mol. The Morgan fingerprint density at radius 1 is 0.403 bits per heavy atom. The van der Waals surface area contributed by atoms with Crippen molar-refractivity contribution >= 4 is 11.9 Å². The first-order chi connectivity index (χ1) is 33.0. The number of rotatable bonds is 57. The van der Waals surface area contributed by atoms with Crippen LogP contribution in [-0.2, 0) is 14.3 Å². The van der Waals surface area contributed by atoms with Crippen molar-refractivity contribution in [1.82, 2.24) is 5.32 Å². The summed E-state index contributed by atoms with van der Waals surface area (Å²) < 4.78 is 5.47. The van der Waals surface area contributed by atoms with Crippen LogP contribution in [0.25, 0.3) is 0 Å². The Labute approximate surface area is 419 Å². The third-order valence-electron chi connectivity index (χ3n) is 14.3. The van der Waals surface area contributed by atoms with Gasteiger partial charge in [-0.2, -0.15) is 0 Å². The molecule has 2 atom stereocenters. The highest BCUT2D eigenvalue weighted by molar-refractivity contribution is 5.76. The number of aliphatic hydroxyl groups is 2. The first-order valence-corrected chi connectivity index (χ1v) is 30.4. The molecule has 1 amide bonds. The number of hydrogen-bond donors (Lipinski definition) is 3. The number of carbonyl (C=O) groups is 2. The molecule has 0 aliphatic carbocycles. The van der Waals surface area contributed by atoms with E-state index in [1.165, 1.54) is 244 Å². The van der Waals surface area contributed by atoms with Crippen LogP contribution in [0.4, 0.5) is 0 Å². The highest BCUT2D eigenvalue weighted by atomic mass is 16.5. The maximum absolute atomic E-state index is 12.5. The summed E-state index contributed by atoms with van der Waals surface area (Å²) in [7, 11) is 0. The van der Waals surface area contributed by atoms with Gasteiger partial charge in [-0.25, -0.2) is 0 Å². The van der Waals surface area contributed by atoms with Gasteiger partial charge in [0.05, 0.1) is 25.4 Å². The predicted octanol–water partition coefficient (Wildman–Crippen LogP) is 18.9. The second kappa shape index (κ2) is 57.2. The highest BCUT2D eigenvalue weighted by Gasteiger charge is 2.20. The van der Waals surface area contributed by atoms with Crippen LogP contribution in [0.3, 0.4) is 0 Å². The summed E-state index contributed by atoms with van der Waals surface area (Å²) in [5.41, 5.74) is 0. The van der Waals surface area contributed by atoms with E-state index < -0.39 is 12.1 Å². The fourth-order valence-electron chi connectivity index (χ4n) is 9.64. The van der Waals surface area contributed by atoms with Crippen LogP contribution in [0.15, 0.2) is 12.2 Å². The van der Waals surface area contributed by atoms with E-state index in [4.69, 9.17) is 4.74 Å². The number of carbonyl (C=O) groups excluding carboxylic acids is 2. The Kier molecular flexibility index (Phi) is 56.0. The van der Waals surface area contributed by atoms with Crippen molar-refractivity contribution in [3.8, 4) is 0 Å². The lowest BCUT2D eigenvalue weighted by molar-refractivity contribution is -0.143. The molecule has 67 heavy (non-hydrogen) atoms. The van der Waals surface area contributed by atoms with E-state index in [-0.39, 0.29) is 18.5 Å². The molecule has 0 saturated heterocycles. The van der Waals surface area contributed by atoms with Crippen molar-refractivity contribution in [1.29, 1.82) is 0 Å². The molecular formula is C61H119NO5. The lowest BCUT2D eigenvalue weighted by Crippen LogP contribution is -2.45. The average Bonchev–Trinajstić information content (AvgIpc) is 3.33. The van der Waals surface area contributed by atoms with Crippen LogP contribution in [0.1, 0.15) is 341 Å². The molecule has 6 heteroatoms. The Bertz CT molecular complexity index is 1000. The Morgan fingerprint density at radius 3 is 1.06 bits per heavy atom. The number of unbranched alkanes of at least 4 members (excludes halogenated alkanes) is 44. The fraction of sp³-hybridized carbons (Fsp3) is 0.934. The third kappa shape index (κ3) is 53.8. The molecule has 6 nitrogen and oxygen atoms in total. The van der Waals surface area contributed by atoms with Gasteiger partial charge in [-0.3, -0.25) is 9.59 Å². The molecule has 0 aromatic carbocycles. The van der Waals surface area contributed by atoms with Crippen LogP contribution >= 0.6 is 0 Å². The first-order valence-electron chi connectivity index (χ1n) is 30.4. The van der Waals surface area contributed by atoms with Crippen molar-refractivity contribution in [2.75, 3.05) is 13.2 Å². The quantitative estimate of drug-likeness (QED) is 0.0321. The van der Waals surface area contributed by atoms with Gasteiger partial charge < -0.3 is 20.3 Å². The van der Waals surface area contributed by atoms with Gasteiger partial charge in [-0.05, 0) is 51.4 Å². The van der Waals surface area contributed by atoms with Crippen molar-refractivity contribution in [2.45, 2.75) is 353 Å². The third-order valence-corrected chi connectivity index (χ3v) is 14.3. The van der Waals surface area contributed by atoms with Gasteiger partial charge in [-0.15, -0.1) is 0 Å². The van der Waals surface area contributed by atoms with E-state index >= 15 is 0 Å². The molecule has 2 unspecified atom stereocenters. The minimum Gasteiger partial charge on any atom is -0.466 e. The number of hydrogen-bond acceptors (Lipinski definition) is 5. The average molecular weight is 947 g/mol. The molecule has 0 heterocycles. The molecule has 0 aromatic heterocycles. The second-order valence-corrected chi connectivity index (χ2v) is 21.0. The second-order valence-electron chi connectivity index (χ2n) is 21.0. The summed E-state index contributed by atoms with van der Waals surface area (Å²) >= 11 is 0. The van der Waals surface area contributed by atoms with Crippen molar-refractivity contribution in [2.24, 2.45) is 0 Å². The molecular weight excluding hydrogens is 827 g/mol. The number of ether oxygens (including phenoxy) is 1. The molecule has 0 aliphatic heterocycles. The van der Waals surface area contributed by atoms with Gasteiger partial charge in [0, 0.05) is 12.8 Å². The standard InChI is InChI=1S/C61H119NO5/c1-3-5-7-9-11-13-15-17-18-19-20-21-22-23-26-30-33-37-41-45-49-53-59(64)58(57-63)62-60(65)54-50-46-42-38-34-31-27-24-25-28-32-36-40-44-48-52-56-67-61(66)55-51-47-43-39-35-29-16-14-12-10-8-6-4-2/h24,27,58-59,63-64H,3-23,25-26,28-57H2,1-2H3,(H,62,65)/b27-24-. The topological polar surface area (TPSA) is 95.9 Å². The summed E-state index contributed by atoms with van der Waals surface area (Å²) in [6.45, 7) is 4.96. The van der Waals surface area contributed by atoms with Gasteiger partial charge in [0.15, 0.2) is 0 Å². The molecule has 3 N–H and O–H groups in total. The summed E-state index contributed by atoms with van der Waals surface area (Å²) in [5, 5.41) is 23.3. The fourth-order valence-corrected chi connectivity index (χ4v) is 9.64. The zero-order chi connectivity index (χ0) is 48.6. The van der Waals surface area contributed by atoms with Gasteiger partial charge in [0.25, 0.3) is 0 Å². The number of nitrogens with one attached hydrogen (secondary N) is 1. The van der Waals surface area contributed by atoms with Crippen LogP contribution in [-0.4, -0.2) is 47.4 Å². The molecule has 398 valence electrons. The molecule has 0 radical (unpaired) electrons. The van der Waals surface area contributed by atoms with E-state index in [1.54, 1.807) is 0 Å². The Hall–Kier alpha value is -1.40. The summed E-state index contributed by atoms with van der Waals surface area (Å²) in [4.78, 5) is 24.5. The molecule has 0 spiro atoms. The number of esters is 1. The maximum atomic E-state index is 12.5. The molecule has 0 aromatic rings. The molecule has 0 bridgehead atoms. The van der Waals surface area contributed by atoms with Gasteiger partial charge in [0.1, 0.15) is 0 Å². The van der Waals surface area contributed by atoms with E-state index in [9.17, 15) is 19.8 Å². The number of amides is 1. The zero-order valence-electron chi connectivity index (χ0n) is 45.4. The van der Waals surface area contributed by atoms with E-state index in [2.05, 4.69) is 31.3 Å². The normalized spacial score (nSPS) is 12.6. The molecule has 0 saturated carbocycles. The maximum Gasteiger partial charge on any atom is 0.305 e. The van der Waals surface area contributed by atoms with Gasteiger partial charge in [-0.1, -0.05) is 289 Å². The minimum absolute atomic E-state index is 0.000342. The lowest BCUT2D eigenvalue weighted by atomic mass is 10.0. The van der Waals surface area contributed by atoms with Crippen LogP contribution in [0, 0.1) is 0 Å². The molecule has 0 fully saturated rings. The van der Waals surface area contributed by atoms with E-state index in [0.29, 0.717) is 25.9 Å². The molecule has 0 rings (SSSR count). The minimum atomic E-state index is -0.675. The summed E-state index contributed by atoms with van der Waals surface area (Å²) in [5.74, 6) is -0.0486. The van der Waals surface area contributed by atoms with E-state index in [1.807, 2.05) is 0 Å². The zero-order valence-corrected chi connectivity index (χ0v) is 45.4. The Balaban J connectivity index is 3.45. The molecule has 0 aliphatic rings. The smallest absolute Gasteiger partial charge is 0.305 e. The number of allylic oxidation sites excluding steroid dienone is 2. The first kappa shape index (κ1) is 65.6. The lowest BCUT2D eigenvalue weighted by Gasteiger charge is -2.22. The van der Waals surface area contributed by atoms with Crippen LogP contribution < -0.4 is 5.32 Å². The monoisotopic (exact) mass is 946 g/mol. The van der Waals surface area contributed by atoms with Crippen molar-refractivity contribution < 1.29 is 24.5 Å². The number of aliphatic hydroxyl groups excluding tert-OH is 2. The highest BCUT2D eigenvalue weighted by Crippen LogP contribution is 2.18. The summed E-state index contributed by atoms with van der Waals surface area (Å²) in [6.07, 6.45) is 67.8.